The van der Waals surface area contributed by atoms with E-state index in [0.717, 1.165) is 77.2 Å². The van der Waals surface area contributed by atoms with Crippen molar-refractivity contribution in [1.29, 1.82) is 10.5 Å². The highest BCUT2D eigenvalue weighted by Gasteiger charge is 2.18. The lowest BCUT2D eigenvalue weighted by Crippen LogP contribution is -1.97. The number of aromatic nitrogens is 2. The Bertz CT molecular complexity index is 2970. The molecule has 5 nitrogen and oxygen atoms in total. The molecule has 9 rings (SSSR count). The number of rotatable bonds is 4. The predicted octanol–water partition coefficient (Wildman–Crippen LogP) is 11.5. The van der Waals surface area contributed by atoms with Gasteiger partial charge in [0.15, 0.2) is 5.69 Å². The highest BCUT2D eigenvalue weighted by Crippen LogP contribution is 2.39. The monoisotopic (exact) mass is 635 g/mol. The first kappa shape index (κ1) is 28.8. The number of hydrogen-bond donors (Lipinski definition) is 0. The van der Waals surface area contributed by atoms with E-state index in [4.69, 9.17) is 6.57 Å². The van der Waals surface area contributed by atoms with Crippen LogP contribution in [0.1, 0.15) is 11.1 Å². The molecule has 0 fully saturated rings. The zero-order valence-electron chi connectivity index (χ0n) is 26.7. The van der Waals surface area contributed by atoms with Gasteiger partial charge in [0.2, 0.25) is 0 Å². The molecule has 0 saturated heterocycles. The van der Waals surface area contributed by atoms with Crippen LogP contribution < -0.4 is 0 Å². The Hall–Kier alpha value is -7.39. The topological polar surface area (TPSA) is 61.8 Å². The van der Waals surface area contributed by atoms with Crippen LogP contribution in [0.2, 0.25) is 0 Å². The van der Waals surface area contributed by atoms with Crippen molar-refractivity contribution in [2.45, 2.75) is 0 Å². The summed E-state index contributed by atoms with van der Waals surface area (Å²) in [6, 6.07) is 55.7. The summed E-state index contributed by atoms with van der Waals surface area (Å²) >= 11 is 0. The van der Waals surface area contributed by atoms with Gasteiger partial charge in [-0.15, -0.1) is 0 Å². The molecule has 0 aliphatic heterocycles. The Labute approximate surface area is 288 Å². The standard InChI is InChI=1S/C45H25N5/c1-48-33-18-22-45-40(26-33)38-13-4-7-16-43(38)50(45)41-14-5-2-11-36(41)31-10-8-9-30(24-31)35-20-19-34(25-32(35)28-47)49-42-15-6-3-12-37(42)39-23-29(27-46)17-21-44(39)49/h2-26H. The van der Waals surface area contributed by atoms with Gasteiger partial charge in [-0.2, -0.15) is 10.5 Å². The van der Waals surface area contributed by atoms with Crippen LogP contribution in [-0.2, 0) is 0 Å². The lowest BCUT2D eigenvalue weighted by molar-refractivity contribution is 1.18. The number of benzene rings is 7. The number of nitrogens with zero attached hydrogens (tertiary/aromatic N) is 5. The maximum absolute atomic E-state index is 10.5. The van der Waals surface area contributed by atoms with Crippen molar-refractivity contribution in [2.24, 2.45) is 0 Å². The number of hydrogen-bond acceptors (Lipinski definition) is 2. The van der Waals surface area contributed by atoms with Crippen LogP contribution in [0.15, 0.2) is 152 Å². The molecule has 0 radical (unpaired) electrons. The molecule has 2 heterocycles. The Balaban J connectivity index is 1.18. The quantitative estimate of drug-likeness (QED) is 0.181. The summed E-state index contributed by atoms with van der Waals surface area (Å²) in [5.74, 6) is 0. The molecular weight excluding hydrogens is 611 g/mol. The normalized spacial score (nSPS) is 11.1. The Morgan fingerprint density at radius 2 is 1.12 bits per heavy atom. The fraction of sp³-hybridized carbons (Fsp3) is 0. The van der Waals surface area contributed by atoms with E-state index in [1.54, 1.807) is 0 Å². The molecule has 0 aliphatic rings. The second-order valence-electron chi connectivity index (χ2n) is 12.3. The molecular formula is C45H25N5. The van der Waals surface area contributed by atoms with Crippen LogP contribution in [0.3, 0.4) is 0 Å². The fourth-order valence-corrected chi connectivity index (χ4v) is 7.39. The highest BCUT2D eigenvalue weighted by molar-refractivity contribution is 6.11. The van der Waals surface area contributed by atoms with Crippen LogP contribution in [-0.4, -0.2) is 9.13 Å². The lowest BCUT2D eigenvalue weighted by atomic mass is 9.95. The first-order chi connectivity index (χ1) is 24.7. The molecule has 9 aromatic rings. The SMILES string of the molecule is [C-]#[N+]c1ccc2c(c1)c1ccccc1n2-c1ccccc1-c1cccc(-c2ccc(-n3c4ccccc4c4cc(C#N)ccc43)cc2C#N)c1. The molecule has 50 heavy (non-hydrogen) atoms. The average molecular weight is 636 g/mol. The average Bonchev–Trinajstić information content (AvgIpc) is 3.69. The maximum Gasteiger partial charge on any atom is 0.188 e. The largest absolute Gasteiger partial charge is 0.309 e. The second-order valence-corrected chi connectivity index (χ2v) is 12.3. The molecule has 0 amide bonds. The van der Waals surface area contributed by atoms with Crippen LogP contribution in [0.4, 0.5) is 5.69 Å². The summed E-state index contributed by atoms with van der Waals surface area (Å²) in [6.07, 6.45) is 0. The number of fused-ring (bicyclic) bond motifs is 6. The van der Waals surface area contributed by atoms with Crippen molar-refractivity contribution in [3.05, 3.63) is 174 Å². The molecule has 0 aliphatic carbocycles. The van der Waals surface area contributed by atoms with Crippen LogP contribution in [0.5, 0.6) is 0 Å². The first-order valence-electron chi connectivity index (χ1n) is 16.3. The van der Waals surface area contributed by atoms with Crippen molar-refractivity contribution in [2.75, 3.05) is 0 Å². The Morgan fingerprint density at radius 1 is 0.480 bits per heavy atom. The molecule has 0 atom stereocenters. The van der Waals surface area contributed by atoms with Crippen molar-refractivity contribution in [3.63, 3.8) is 0 Å². The minimum atomic E-state index is 0.575. The van der Waals surface area contributed by atoms with E-state index in [-0.39, 0.29) is 0 Å². The maximum atomic E-state index is 10.5. The van der Waals surface area contributed by atoms with Crippen molar-refractivity contribution in [1.82, 2.24) is 9.13 Å². The molecule has 0 spiro atoms. The van der Waals surface area contributed by atoms with Gasteiger partial charge in [-0.1, -0.05) is 84.9 Å². The molecule has 0 N–H and O–H groups in total. The fourth-order valence-electron chi connectivity index (χ4n) is 7.39. The van der Waals surface area contributed by atoms with Gasteiger partial charge in [0, 0.05) is 27.4 Å². The lowest BCUT2D eigenvalue weighted by Gasteiger charge is -2.15. The molecule has 0 saturated carbocycles. The Kier molecular flexibility index (Phi) is 6.56. The minimum Gasteiger partial charge on any atom is -0.309 e. The van der Waals surface area contributed by atoms with Crippen molar-refractivity contribution >= 4 is 49.3 Å². The van der Waals surface area contributed by atoms with Gasteiger partial charge in [0.05, 0.1) is 57.6 Å². The second kappa shape index (κ2) is 11.4. The van der Waals surface area contributed by atoms with E-state index >= 15 is 0 Å². The Morgan fingerprint density at radius 3 is 1.88 bits per heavy atom. The zero-order valence-corrected chi connectivity index (χ0v) is 26.7. The van der Waals surface area contributed by atoms with E-state index in [9.17, 15) is 10.5 Å². The number of para-hydroxylation sites is 3. The van der Waals surface area contributed by atoms with Gasteiger partial charge in [-0.25, -0.2) is 4.85 Å². The van der Waals surface area contributed by atoms with Crippen LogP contribution >= 0.6 is 0 Å². The zero-order chi connectivity index (χ0) is 33.8. The molecule has 5 heteroatoms. The van der Waals surface area contributed by atoms with Gasteiger partial charge in [0.25, 0.3) is 0 Å². The number of nitriles is 2. The van der Waals surface area contributed by atoms with E-state index in [1.807, 2.05) is 78.9 Å². The van der Waals surface area contributed by atoms with E-state index in [0.29, 0.717) is 16.8 Å². The molecule has 7 aromatic carbocycles. The summed E-state index contributed by atoms with van der Waals surface area (Å²) in [7, 11) is 0. The summed E-state index contributed by atoms with van der Waals surface area (Å²) in [6.45, 7) is 7.58. The van der Waals surface area contributed by atoms with Crippen molar-refractivity contribution < 1.29 is 0 Å². The van der Waals surface area contributed by atoms with Crippen LogP contribution in [0.25, 0.3) is 82.1 Å². The summed E-state index contributed by atoms with van der Waals surface area (Å²) < 4.78 is 4.44. The minimum absolute atomic E-state index is 0.575. The van der Waals surface area contributed by atoms with Crippen LogP contribution in [0, 0.1) is 29.2 Å². The third-order valence-corrected chi connectivity index (χ3v) is 9.60. The van der Waals surface area contributed by atoms with Gasteiger partial charge < -0.3 is 9.13 Å². The molecule has 0 unspecified atom stereocenters. The van der Waals surface area contributed by atoms with Gasteiger partial charge in [0.1, 0.15) is 0 Å². The molecule has 2 aromatic heterocycles. The smallest absolute Gasteiger partial charge is 0.188 e. The van der Waals surface area contributed by atoms with Gasteiger partial charge in [-0.3, -0.25) is 0 Å². The van der Waals surface area contributed by atoms with E-state index in [2.05, 4.69) is 98.9 Å². The molecule has 0 bridgehead atoms. The predicted molar refractivity (Wildman–Crippen MR) is 202 cm³/mol. The summed E-state index contributed by atoms with van der Waals surface area (Å²) in [5.41, 5.74) is 11.7. The first-order valence-corrected chi connectivity index (χ1v) is 16.3. The van der Waals surface area contributed by atoms with Gasteiger partial charge >= 0.3 is 0 Å². The molecule has 230 valence electrons. The van der Waals surface area contributed by atoms with E-state index in [1.165, 1.54) is 0 Å². The highest BCUT2D eigenvalue weighted by atomic mass is 15.0. The third kappa shape index (κ3) is 4.38. The summed E-state index contributed by atoms with van der Waals surface area (Å²) in [4.78, 5) is 3.69. The summed E-state index contributed by atoms with van der Waals surface area (Å²) in [5, 5.41) is 24.2. The third-order valence-electron chi connectivity index (χ3n) is 9.60. The van der Waals surface area contributed by atoms with E-state index < -0.39 is 0 Å². The van der Waals surface area contributed by atoms with Gasteiger partial charge in [-0.05, 0) is 88.8 Å². The van der Waals surface area contributed by atoms with Crippen molar-refractivity contribution in [3.8, 4) is 45.8 Å².